The summed E-state index contributed by atoms with van der Waals surface area (Å²) in [5, 5.41) is 29.7. The Morgan fingerprint density at radius 2 is 1.84 bits per heavy atom. The van der Waals surface area contributed by atoms with Crippen LogP contribution in [0.25, 0.3) is 11.2 Å². The summed E-state index contributed by atoms with van der Waals surface area (Å²) >= 11 is 0. The molecule has 168 valence electrons. The van der Waals surface area contributed by atoms with E-state index in [0.717, 1.165) is 18.8 Å². The molecule has 1 saturated heterocycles. The molecule has 4 rings (SSSR count). The van der Waals surface area contributed by atoms with Crippen LogP contribution in [0, 0.1) is 17.8 Å². The largest absolute Gasteiger partial charge is 0.394 e. The Morgan fingerprint density at radius 1 is 1.10 bits per heavy atom. The molecular weight excluding hydrogens is 398 g/mol. The summed E-state index contributed by atoms with van der Waals surface area (Å²) in [7, 11) is 0. The Bertz CT molecular complexity index is 945. The number of nitrogen functional groups attached to an aromatic ring is 1. The summed E-state index contributed by atoms with van der Waals surface area (Å²) in [6, 6.07) is 0. The van der Waals surface area contributed by atoms with Gasteiger partial charge in [0.2, 0.25) is 5.82 Å². The number of anilines is 1. The molecule has 31 heavy (non-hydrogen) atoms. The minimum absolute atomic E-state index is 0.194. The van der Waals surface area contributed by atoms with E-state index in [1.54, 1.807) is 0 Å². The van der Waals surface area contributed by atoms with Gasteiger partial charge in [0.15, 0.2) is 17.7 Å². The molecule has 0 radical (unpaired) electrons. The quantitative estimate of drug-likeness (QED) is 0.536. The third kappa shape index (κ3) is 4.83. The number of nitrogens with zero attached hydrogens (tertiary/aromatic N) is 4. The molecule has 1 saturated carbocycles. The predicted molar refractivity (Wildman–Crippen MR) is 115 cm³/mol. The van der Waals surface area contributed by atoms with Crippen LogP contribution in [0.2, 0.25) is 0 Å². The predicted octanol–water partition coefficient (Wildman–Crippen LogP) is 1.51. The molecule has 4 atom stereocenters. The topological polar surface area (TPSA) is 140 Å². The molecule has 2 fully saturated rings. The van der Waals surface area contributed by atoms with Crippen LogP contribution in [0.15, 0.2) is 6.33 Å². The summed E-state index contributed by atoms with van der Waals surface area (Å²) in [4.78, 5) is 12.9. The van der Waals surface area contributed by atoms with Gasteiger partial charge in [0.05, 0.1) is 12.9 Å². The van der Waals surface area contributed by atoms with Crippen LogP contribution < -0.4 is 5.73 Å². The van der Waals surface area contributed by atoms with Crippen molar-refractivity contribution in [1.82, 2.24) is 19.5 Å². The Balaban J connectivity index is 1.49. The van der Waals surface area contributed by atoms with Crippen molar-refractivity contribution in [2.75, 3.05) is 12.3 Å². The number of aromatic nitrogens is 4. The average molecular weight is 430 g/mol. The van der Waals surface area contributed by atoms with E-state index in [1.165, 1.54) is 55.8 Å². The highest BCUT2D eigenvalue weighted by Gasteiger charge is 2.44. The first kappa shape index (κ1) is 22.0. The van der Waals surface area contributed by atoms with Gasteiger partial charge < -0.3 is 25.8 Å². The minimum Gasteiger partial charge on any atom is -0.394 e. The third-order valence-corrected chi connectivity index (χ3v) is 6.34. The maximum atomic E-state index is 10.3. The van der Waals surface area contributed by atoms with Crippen molar-refractivity contribution >= 4 is 17.0 Å². The van der Waals surface area contributed by atoms with Gasteiger partial charge in [0, 0.05) is 6.42 Å². The Morgan fingerprint density at radius 3 is 2.55 bits per heavy atom. The summed E-state index contributed by atoms with van der Waals surface area (Å²) in [5.41, 5.74) is 6.79. The van der Waals surface area contributed by atoms with Crippen molar-refractivity contribution in [3.8, 4) is 11.8 Å². The number of nitrogens with two attached hydrogens (primary N) is 1. The lowest BCUT2D eigenvalue weighted by Crippen LogP contribution is -2.33. The first-order chi connectivity index (χ1) is 15.1. The molecule has 0 aromatic carbocycles. The van der Waals surface area contributed by atoms with E-state index in [9.17, 15) is 15.3 Å². The number of fused-ring (bicyclic) bond motifs is 1. The number of aliphatic hydroxyl groups is 3. The van der Waals surface area contributed by atoms with E-state index in [-0.39, 0.29) is 11.6 Å². The molecule has 9 heteroatoms. The smallest absolute Gasteiger partial charge is 0.208 e. The summed E-state index contributed by atoms with van der Waals surface area (Å²) in [6.45, 7) is -0.407. The van der Waals surface area contributed by atoms with Crippen LogP contribution in [0.5, 0.6) is 0 Å². The van der Waals surface area contributed by atoms with Crippen molar-refractivity contribution in [2.45, 2.75) is 82.3 Å². The van der Waals surface area contributed by atoms with E-state index in [2.05, 4.69) is 26.8 Å². The van der Waals surface area contributed by atoms with E-state index in [4.69, 9.17) is 10.5 Å². The van der Waals surface area contributed by atoms with Crippen LogP contribution in [0.4, 0.5) is 5.82 Å². The van der Waals surface area contributed by atoms with Gasteiger partial charge in [-0.1, -0.05) is 50.9 Å². The van der Waals surface area contributed by atoms with Crippen LogP contribution in [-0.2, 0) is 4.74 Å². The second-order valence-corrected chi connectivity index (χ2v) is 8.54. The van der Waals surface area contributed by atoms with Crippen molar-refractivity contribution in [1.29, 1.82) is 0 Å². The van der Waals surface area contributed by atoms with Gasteiger partial charge in [0.1, 0.15) is 23.8 Å². The molecule has 2 unspecified atom stereocenters. The standard InChI is InChI=1S/C22H31N5O4/c23-20-17-21(27(13-24-17)22-19(30)18(29)15(12-28)31-22)26-16(25-20)11-7-6-10-14-8-4-2-1-3-5-9-14/h13-15,18-19,22,28-30H,1-6,8-10,12H2,(H2,23,25,26)/t15-,18?,19?,22-/m1/s1. The number of hydrogen-bond acceptors (Lipinski definition) is 8. The molecule has 0 bridgehead atoms. The maximum Gasteiger partial charge on any atom is 0.208 e. The van der Waals surface area contributed by atoms with Gasteiger partial charge in [-0.3, -0.25) is 4.57 Å². The van der Waals surface area contributed by atoms with Crippen LogP contribution in [0.1, 0.15) is 69.8 Å². The van der Waals surface area contributed by atoms with Crippen molar-refractivity contribution in [3.05, 3.63) is 12.2 Å². The van der Waals surface area contributed by atoms with Crippen LogP contribution in [0.3, 0.4) is 0 Å². The first-order valence-electron chi connectivity index (χ1n) is 11.2. The lowest BCUT2D eigenvalue weighted by Gasteiger charge is -2.18. The van der Waals surface area contributed by atoms with E-state index in [1.807, 2.05) is 0 Å². The summed E-state index contributed by atoms with van der Waals surface area (Å²) < 4.78 is 7.08. The fourth-order valence-corrected chi connectivity index (χ4v) is 4.54. The Hall–Kier alpha value is -2.25. The highest BCUT2D eigenvalue weighted by atomic mass is 16.6. The van der Waals surface area contributed by atoms with Gasteiger partial charge >= 0.3 is 0 Å². The fraction of sp³-hybridized carbons (Fsp3) is 0.682. The zero-order valence-corrected chi connectivity index (χ0v) is 17.7. The molecule has 2 aromatic heterocycles. The lowest BCUT2D eigenvalue weighted by atomic mass is 9.88. The van der Waals surface area contributed by atoms with Gasteiger partial charge in [-0.25, -0.2) is 15.0 Å². The monoisotopic (exact) mass is 429 g/mol. The molecule has 2 aliphatic rings. The molecule has 1 aliphatic carbocycles. The zero-order valence-electron chi connectivity index (χ0n) is 17.7. The number of hydrogen-bond donors (Lipinski definition) is 4. The number of ether oxygens (including phenoxy) is 1. The fourth-order valence-electron chi connectivity index (χ4n) is 4.54. The van der Waals surface area contributed by atoms with E-state index in [0.29, 0.717) is 11.2 Å². The second kappa shape index (κ2) is 9.92. The van der Waals surface area contributed by atoms with Gasteiger partial charge in [-0.15, -0.1) is 0 Å². The molecule has 1 aliphatic heterocycles. The van der Waals surface area contributed by atoms with Gasteiger partial charge in [0.25, 0.3) is 0 Å². The SMILES string of the molecule is Nc1nc(C#CCCC2CCCCCCC2)nc2c1ncn2[C@@H]1O[C@H](CO)C(O)C1O. The molecular formula is C22H31N5O4. The van der Waals surface area contributed by atoms with Gasteiger partial charge in [-0.05, 0) is 18.3 Å². The zero-order chi connectivity index (χ0) is 21.8. The van der Waals surface area contributed by atoms with Crippen molar-refractivity contribution in [2.24, 2.45) is 5.92 Å². The Labute approximate surface area is 181 Å². The molecule has 0 spiro atoms. The number of imidazole rings is 1. The molecule has 5 N–H and O–H groups in total. The molecule has 3 heterocycles. The highest BCUT2D eigenvalue weighted by molar-refractivity contribution is 5.82. The molecule has 9 nitrogen and oxygen atoms in total. The van der Waals surface area contributed by atoms with Gasteiger partial charge in [-0.2, -0.15) is 0 Å². The Kier molecular flexibility index (Phi) is 7.02. The molecule has 0 amide bonds. The third-order valence-electron chi connectivity index (χ3n) is 6.34. The highest BCUT2D eigenvalue weighted by Crippen LogP contribution is 2.32. The first-order valence-corrected chi connectivity index (χ1v) is 11.2. The van der Waals surface area contributed by atoms with Crippen LogP contribution in [-0.4, -0.2) is 59.8 Å². The molecule has 2 aromatic rings. The summed E-state index contributed by atoms with van der Waals surface area (Å²) in [5.74, 6) is 7.41. The normalized spacial score (nSPS) is 27.6. The minimum atomic E-state index is -1.23. The second-order valence-electron chi connectivity index (χ2n) is 8.54. The van der Waals surface area contributed by atoms with Crippen molar-refractivity contribution < 1.29 is 20.1 Å². The van der Waals surface area contributed by atoms with Crippen molar-refractivity contribution in [3.63, 3.8) is 0 Å². The maximum absolute atomic E-state index is 10.3. The number of aliphatic hydroxyl groups excluding tert-OH is 3. The van der Waals surface area contributed by atoms with E-state index < -0.39 is 31.1 Å². The average Bonchev–Trinajstić information content (AvgIpc) is 3.28. The number of rotatable bonds is 4. The van der Waals surface area contributed by atoms with E-state index >= 15 is 0 Å². The summed E-state index contributed by atoms with van der Waals surface area (Å²) in [6.07, 6.45) is 8.33. The van der Waals surface area contributed by atoms with Crippen LogP contribution >= 0.6 is 0 Å². The lowest BCUT2D eigenvalue weighted by molar-refractivity contribution is -0.0511.